The van der Waals surface area contributed by atoms with Gasteiger partial charge in [-0.15, -0.1) is 0 Å². The van der Waals surface area contributed by atoms with E-state index in [1.807, 2.05) is 0 Å². The van der Waals surface area contributed by atoms with Crippen molar-refractivity contribution >= 4 is 0 Å². The maximum Gasteiger partial charge on any atom is 0.0221 e. The molecular weight excluding hydrogens is 224 g/mol. The van der Waals surface area contributed by atoms with Crippen LogP contribution in [-0.2, 0) is 0 Å². The second-order valence-electron chi connectivity index (χ2n) is 6.22. The molecule has 0 saturated carbocycles. The summed E-state index contributed by atoms with van der Waals surface area (Å²) in [6, 6.07) is 1.21. The van der Waals surface area contributed by atoms with Crippen LogP contribution in [0.4, 0.5) is 0 Å². The Bertz CT molecular complexity index is 238. The summed E-state index contributed by atoms with van der Waals surface area (Å²) in [6.45, 7) is 7.31. The van der Waals surface area contributed by atoms with E-state index in [-0.39, 0.29) is 0 Å². The Labute approximate surface area is 112 Å². The minimum atomic E-state index is 0.450. The number of nitrogens with two attached hydrogens (primary N) is 1. The van der Waals surface area contributed by atoms with Crippen LogP contribution in [-0.4, -0.2) is 80.1 Å². The molecule has 18 heavy (non-hydrogen) atoms. The molecule has 0 bridgehead atoms. The molecule has 0 aromatic carbocycles. The average Bonchev–Trinajstić information content (AvgIpc) is 2.38. The molecule has 2 saturated heterocycles. The van der Waals surface area contributed by atoms with Crippen LogP contribution < -0.4 is 5.73 Å². The van der Waals surface area contributed by atoms with E-state index in [1.54, 1.807) is 0 Å². The molecule has 1 unspecified atom stereocenters. The molecule has 2 N–H and O–H groups in total. The highest BCUT2D eigenvalue weighted by atomic mass is 15.2. The lowest BCUT2D eigenvalue weighted by atomic mass is 10.0. The normalized spacial score (nSPS) is 29.0. The fourth-order valence-corrected chi connectivity index (χ4v) is 3.16. The summed E-state index contributed by atoms with van der Waals surface area (Å²) in [5, 5.41) is 0. The highest BCUT2D eigenvalue weighted by Crippen LogP contribution is 2.14. The summed E-state index contributed by atoms with van der Waals surface area (Å²) in [6.07, 6.45) is 5.07. The third kappa shape index (κ3) is 4.19. The van der Waals surface area contributed by atoms with E-state index in [9.17, 15) is 0 Å². The summed E-state index contributed by atoms with van der Waals surface area (Å²) in [7, 11) is 4.53. The first-order valence-corrected chi connectivity index (χ1v) is 7.52. The second-order valence-corrected chi connectivity index (χ2v) is 6.22. The zero-order chi connectivity index (χ0) is 13.0. The van der Waals surface area contributed by atoms with Crippen molar-refractivity contribution in [2.75, 3.05) is 53.4 Å². The lowest BCUT2D eigenvalue weighted by Gasteiger charge is -2.37. The maximum absolute atomic E-state index is 5.94. The van der Waals surface area contributed by atoms with Crippen molar-refractivity contribution in [2.24, 2.45) is 5.73 Å². The van der Waals surface area contributed by atoms with Crippen LogP contribution >= 0.6 is 0 Å². The number of hydrogen-bond donors (Lipinski definition) is 1. The zero-order valence-electron chi connectivity index (χ0n) is 12.1. The molecule has 2 fully saturated rings. The Morgan fingerprint density at radius 1 is 1.17 bits per heavy atom. The molecule has 2 rings (SSSR count). The van der Waals surface area contributed by atoms with Gasteiger partial charge >= 0.3 is 0 Å². The third-order valence-electron chi connectivity index (χ3n) is 4.62. The Morgan fingerprint density at radius 2 is 1.89 bits per heavy atom. The lowest BCUT2D eigenvalue weighted by Crippen LogP contribution is -2.48. The SMILES string of the molecule is CN1CCCC(N(C)CCN2CCC(N)CC2)C1. The van der Waals surface area contributed by atoms with Gasteiger partial charge in [-0.1, -0.05) is 0 Å². The molecule has 0 aliphatic carbocycles. The predicted molar refractivity (Wildman–Crippen MR) is 76.8 cm³/mol. The summed E-state index contributed by atoms with van der Waals surface area (Å²) >= 11 is 0. The number of likely N-dealkylation sites (N-methyl/N-ethyl adjacent to an activating group) is 2. The fourth-order valence-electron chi connectivity index (χ4n) is 3.16. The molecule has 0 amide bonds. The van der Waals surface area contributed by atoms with Crippen molar-refractivity contribution < 1.29 is 0 Å². The van der Waals surface area contributed by atoms with Crippen molar-refractivity contribution in [2.45, 2.75) is 37.8 Å². The first-order chi connectivity index (χ1) is 8.65. The van der Waals surface area contributed by atoms with Gasteiger partial charge in [0.25, 0.3) is 0 Å². The van der Waals surface area contributed by atoms with Gasteiger partial charge in [0, 0.05) is 31.7 Å². The second kappa shape index (κ2) is 6.85. The molecule has 2 aliphatic rings. The van der Waals surface area contributed by atoms with Crippen LogP contribution in [0.5, 0.6) is 0 Å². The van der Waals surface area contributed by atoms with E-state index in [4.69, 9.17) is 5.73 Å². The average molecular weight is 254 g/mol. The number of nitrogens with zero attached hydrogens (tertiary/aromatic N) is 3. The van der Waals surface area contributed by atoms with Gasteiger partial charge in [-0.3, -0.25) is 0 Å². The number of piperidine rings is 2. The summed E-state index contributed by atoms with van der Waals surface area (Å²) in [5.74, 6) is 0. The van der Waals surface area contributed by atoms with Gasteiger partial charge in [-0.05, 0) is 59.4 Å². The molecule has 1 atom stereocenters. The molecule has 0 radical (unpaired) electrons. The van der Waals surface area contributed by atoms with Crippen molar-refractivity contribution in [1.29, 1.82) is 0 Å². The van der Waals surface area contributed by atoms with E-state index >= 15 is 0 Å². The monoisotopic (exact) mass is 254 g/mol. The summed E-state index contributed by atoms with van der Waals surface area (Å²) in [5.41, 5.74) is 5.94. The predicted octanol–water partition coefficient (Wildman–Crippen LogP) is 0.436. The molecular formula is C14H30N4. The van der Waals surface area contributed by atoms with Gasteiger partial charge in [-0.2, -0.15) is 0 Å². The van der Waals surface area contributed by atoms with Crippen LogP contribution in [0.1, 0.15) is 25.7 Å². The molecule has 0 spiro atoms. The Morgan fingerprint density at radius 3 is 2.56 bits per heavy atom. The van der Waals surface area contributed by atoms with Crippen molar-refractivity contribution in [3.05, 3.63) is 0 Å². The number of hydrogen-bond acceptors (Lipinski definition) is 4. The number of likely N-dealkylation sites (tertiary alicyclic amines) is 2. The molecule has 0 aromatic heterocycles. The Kier molecular flexibility index (Phi) is 5.42. The van der Waals surface area contributed by atoms with Gasteiger partial charge in [-0.25, -0.2) is 0 Å². The minimum absolute atomic E-state index is 0.450. The van der Waals surface area contributed by atoms with Gasteiger partial charge in [0.15, 0.2) is 0 Å². The zero-order valence-corrected chi connectivity index (χ0v) is 12.1. The molecule has 4 nitrogen and oxygen atoms in total. The van der Waals surface area contributed by atoms with Crippen molar-refractivity contribution in [1.82, 2.24) is 14.7 Å². The van der Waals surface area contributed by atoms with Crippen LogP contribution in [0.25, 0.3) is 0 Å². The molecule has 2 heterocycles. The fraction of sp³-hybridized carbons (Fsp3) is 1.00. The quantitative estimate of drug-likeness (QED) is 0.789. The highest BCUT2D eigenvalue weighted by Gasteiger charge is 2.22. The minimum Gasteiger partial charge on any atom is -0.328 e. The standard InChI is InChI=1S/C14H30N4/c1-16-7-3-4-14(12-16)17(2)10-11-18-8-5-13(15)6-9-18/h13-14H,3-12,15H2,1-2H3. The summed E-state index contributed by atoms with van der Waals surface area (Å²) < 4.78 is 0. The van der Waals surface area contributed by atoms with Crippen LogP contribution in [0.15, 0.2) is 0 Å². The van der Waals surface area contributed by atoms with E-state index in [2.05, 4.69) is 28.8 Å². The molecule has 106 valence electrons. The van der Waals surface area contributed by atoms with Gasteiger partial charge in [0.05, 0.1) is 0 Å². The first-order valence-electron chi connectivity index (χ1n) is 7.52. The van der Waals surface area contributed by atoms with E-state index in [0.717, 1.165) is 6.04 Å². The first kappa shape index (κ1) is 14.3. The molecule has 4 heteroatoms. The molecule has 0 aromatic rings. The van der Waals surface area contributed by atoms with Gasteiger partial charge in [0.1, 0.15) is 0 Å². The topological polar surface area (TPSA) is 35.7 Å². The Balaban J connectivity index is 1.66. The van der Waals surface area contributed by atoms with Crippen molar-refractivity contribution in [3.63, 3.8) is 0 Å². The maximum atomic E-state index is 5.94. The summed E-state index contributed by atoms with van der Waals surface area (Å²) in [4.78, 5) is 7.60. The third-order valence-corrected chi connectivity index (χ3v) is 4.62. The lowest BCUT2D eigenvalue weighted by molar-refractivity contribution is 0.114. The Hall–Kier alpha value is -0.160. The van der Waals surface area contributed by atoms with Gasteiger partial charge in [0.2, 0.25) is 0 Å². The van der Waals surface area contributed by atoms with Crippen molar-refractivity contribution in [3.8, 4) is 0 Å². The smallest absolute Gasteiger partial charge is 0.0221 e. The van der Waals surface area contributed by atoms with E-state index < -0.39 is 0 Å². The van der Waals surface area contributed by atoms with Crippen LogP contribution in [0, 0.1) is 0 Å². The van der Waals surface area contributed by atoms with Crippen LogP contribution in [0.3, 0.4) is 0 Å². The van der Waals surface area contributed by atoms with Crippen LogP contribution in [0.2, 0.25) is 0 Å². The van der Waals surface area contributed by atoms with Gasteiger partial charge < -0.3 is 20.4 Å². The molecule has 2 aliphatic heterocycles. The van der Waals surface area contributed by atoms with E-state index in [0.29, 0.717) is 6.04 Å². The van der Waals surface area contributed by atoms with E-state index in [1.165, 1.54) is 65.0 Å². The highest BCUT2D eigenvalue weighted by molar-refractivity contribution is 4.79. The number of rotatable bonds is 4. The largest absolute Gasteiger partial charge is 0.328 e.